The van der Waals surface area contributed by atoms with Gasteiger partial charge in [-0.25, -0.2) is 0 Å². The van der Waals surface area contributed by atoms with Crippen LogP contribution in [0.5, 0.6) is 0 Å². The molecule has 0 aromatic rings. The molecule has 2 aliphatic rings. The summed E-state index contributed by atoms with van der Waals surface area (Å²) in [6, 6.07) is 0. The Morgan fingerprint density at radius 3 is 1.94 bits per heavy atom. The van der Waals surface area contributed by atoms with E-state index < -0.39 is 0 Å². The summed E-state index contributed by atoms with van der Waals surface area (Å²) >= 11 is 0. The molecule has 0 aromatic carbocycles. The van der Waals surface area contributed by atoms with Gasteiger partial charge >= 0.3 is 0 Å². The van der Waals surface area contributed by atoms with Crippen molar-refractivity contribution in [3.05, 3.63) is 12.2 Å². The predicted molar refractivity (Wildman–Crippen MR) is 63.5 cm³/mol. The second-order valence-electron chi connectivity index (χ2n) is 4.25. The molecule has 1 heterocycles. The Bertz CT molecular complexity index is 322. The lowest BCUT2D eigenvalue weighted by atomic mass is 9.97. The topological polar surface area (TPSA) is 66.5 Å². The minimum absolute atomic E-state index is 0.0833. The number of ketones is 2. The highest BCUT2D eigenvalue weighted by Crippen LogP contribution is 2.05. The first-order chi connectivity index (χ1) is 8.00. The van der Waals surface area contributed by atoms with Crippen LogP contribution in [-0.4, -0.2) is 48.6 Å². The molecular formula is C12H18N2O3. The molecule has 1 aliphatic carbocycles. The summed E-state index contributed by atoms with van der Waals surface area (Å²) in [5.41, 5.74) is 0.631. The molecular weight excluding hydrogens is 220 g/mol. The van der Waals surface area contributed by atoms with Gasteiger partial charge in [-0.3, -0.25) is 14.4 Å². The Kier molecular flexibility index (Phi) is 5.03. The Morgan fingerprint density at radius 2 is 1.65 bits per heavy atom. The molecule has 0 bridgehead atoms. The van der Waals surface area contributed by atoms with Gasteiger partial charge in [0.1, 0.15) is 11.6 Å². The summed E-state index contributed by atoms with van der Waals surface area (Å²) in [5.74, 6) is 0.256. The molecule has 2 rings (SSSR count). The normalized spacial score (nSPS) is 19.0. The highest BCUT2D eigenvalue weighted by Gasteiger charge is 2.21. The van der Waals surface area contributed by atoms with E-state index in [1.807, 2.05) is 4.90 Å². The largest absolute Gasteiger partial charge is 0.336 e. The highest BCUT2D eigenvalue weighted by molar-refractivity contribution is 6.18. The fourth-order valence-corrected chi connectivity index (χ4v) is 1.53. The lowest BCUT2D eigenvalue weighted by Crippen LogP contribution is -2.46. The van der Waals surface area contributed by atoms with Crippen LogP contribution in [-0.2, 0) is 14.4 Å². The standard InChI is InChI=1S/C8H14N2O.C4H4O2/c1-7(2)8(11)10-5-3-9-4-6-10;5-3-1-4(6)2-3/h9H,1,3-6H2,2H3;1-2H2. The van der Waals surface area contributed by atoms with Gasteiger partial charge in [-0.2, -0.15) is 0 Å². The monoisotopic (exact) mass is 238 g/mol. The van der Waals surface area contributed by atoms with E-state index >= 15 is 0 Å². The molecule has 1 amide bonds. The van der Waals surface area contributed by atoms with Gasteiger partial charge in [-0.05, 0) is 6.92 Å². The minimum Gasteiger partial charge on any atom is -0.336 e. The van der Waals surface area contributed by atoms with Crippen LogP contribution in [0.4, 0.5) is 0 Å². The molecule has 5 heteroatoms. The Morgan fingerprint density at radius 1 is 1.18 bits per heavy atom. The van der Waals surface area contributed by atoms with Crippen molar-refractivity contribution in [1.82, 2.24) is 10.2 Å². The van der Waals surface area contributed by atoms with Gasteiger partial charge in [0.2, 0.25) is 5.91 Å². The van der Waals surface area contributed by atoms with Gasteiger partial charge in [0, 0.05) is 31.8 Å². The molecule has 17 heavy (non-hydrogen) atoms. The van der Waals surface area contributed by atoms with E-state index in [0.29, 0.717) is 5.57 Å². The molecule has 0 radical (unpaired) electrons. The number of Topliss-reactive ketones (excluding diaryl/α,β-unsaturated/α-hetero) is 2. The number of carbonyl (C=O) groups excluding carboxylic acids is 3. The molecule has 1 saturated carbocycles. The molecule has 94 valence electrons. The average Bonchev–Trinajstić information content (AvgIpc) is 2.28. The van der Waals surface area contributed by atoms with E-state index in [0.717, 1.165) is 26.2 Å². The third kappa shape index (κ3) is 4.48. The van der Waals surface area contributed by atoms with Crippen LogP contribution in [0.2, 0.25) is 0 Å². The van der Waals surface area contributed by atoms with Gasteiger partial charge in [0.05, 0.1) is 12.8 Å². The molecule has 1 saturated heterocycles. The smallest absolute Gasteiger partial charge is 0.248 e. The van der Waals surface area contributed by atoms with Gasteiger partial charge in [-0.15, -0.1) is 0 Å². The quantitative estimate of drug-likeness (QED) is 0.512. The van der Waals surface area contributed by atoms with Crippen LogP contribution in [0.1, 0.15) is 19.8 Å². The Hall–Kier alpha value is -1.49. The van der Waals surface area contributed by atoms with Crippen LogP contribution in [0.25, 0.3) is 0 Å². The summed E-state index contributed by atoms with van der Waals surface area (Å²) < 4.78 is 0. The fraction of sp³-hybridized carbons (Fsp3) is 0.583. The number of hydrogen-bond donors (Lipinski definition) is 1. The molecule has 0 aromatic heterocycles. The summed E-state index contributed by atoms with van der Waals surface area (Å²) in [6.45, 7) is 8.80. The van der Waals surface area contributed by atoms with Crippen molar-refractivity contribution in [2.75, 3.05) is 26.2 Å². The van der Waals surface area contributed by atoms with E-state index in [1.54, 1.807) is 6.92 Å². The van der Waals surface area contributed by atoms with Crippen LogP contribution < -0.4 is 5.32 Å². The average molecular weight is 238 g/mol. The Balaban J connectivity index is 0.000000202. The van der Waals surface area contributed by atoms with Crippen molar-refractivity contribution in [3.63, 3.8) is 0 Å². The van der Waals surface area contributed by atoms with E-state index in [1.165, 1.54) is 0 Å². The zero-order valence-electron chi connectivity index (χ0n) is 10.1. The zero-order valence-corrected chi connectivity index (χ0v) is 10.1. The van der Waals surface area contributed by atoms with Crippen LogP contribution >= 0.6 is 0 Å². The first-order valence-corrected chi connectivity index (χ1v) is 5.69. The van der Waals surface area contributed by atoms with Gasteiger partial charge in [0.25, 0.3) is 0 Å². The van der Waals surface area contributed by atoms with Crippen molar-refractivity contribution in [2.24, 2.45) is 0 Å². The number of carbonyl (C=O) groups is 3. The maximum Gasteiger partial charge on any atom is 0.248 e. The third-order valence-electron chi connectivity index (χ3n) is 2.56. The number of nitrogens with one attached hydrogen (secondary N) is 1. The molecule has 5 nitrogen and oxygen atoms in total. The molecule has 2 fully saturated rings. The van der Waals surface area contributed by atoms with Crippen LogP contribution in [0.3, 0.4) is 0 Å². The molecule has 1 aliphatic heterocycles. The molecule has 0 unspecified atom stereocenters. The lowest BCUT2D eigenvalue weighted by molar-refractivity contribution is -0.137. The number of rotatable bonds is 1. The van der Waals surface area contributed by atoms with E-state index in [-0.39, 0.29) is 30.3 Å². The second kappa shape index (κ2) is 6.30. The number of nitrogens with zero attached hydrogens (tertiary/aromatic N) is 1. The van der Waals surface area contributed by atoms with Crippen LogP contribution in [0.15, 0.2) is 12.2 Å². The van der Waals surface area contributed by atoms with Crippen LogP contribution in [0, 0.1) is 0 Å². The highest BCUT2D eigenvalue weighted by atomic mass is 16.2. The van der Waals surface area contributed by atoms with Crippen molar-refractivity contribution >= 4 is 17.5 Å². The predicted octanol–water partition coefficient (Wildman–Crippen LogP) is -0.0873. The number of piperazine rings is 1. The molecule has 0 spiro atoms. The SMILES string of the molecule is C=C(C)C(=O)N1CCNCC1.O=C1CC(=O)C1. The first-order valence-electron chi connectivity index (χ1n) is 5.69. The molecule has 0 atom stereocenters. The summed E-state index contributed by atoms with van der Waals surface area (Å²) in [5, 5.41) is 3.18. The van der Waals surface area contributed by atoms with Gasteiger partial charge < -0.3 is 10.2 Å². The minimum atomic E-state index is 0.0833. The maximum absolute atomic E-state index is 11.3. The summed E-state index contributed by atoms with van der Waals surface area (Å²) in [4.78, 5) is 32.9. The van der Waals surface area contributed by atoms with E-state index in [9.17, 15) is 14.4 Å². The Labute approximate surface area is 101 Å². The summed E-state index contributed by atoms with van der Waals surface area (Å²) in [7, 11) is 0. The van der Waals surface area contributed by atoms with Gasteiger partial charge in [-0.1, -0.05) is 6.58 Å². The second-order valence-corrected chi connectivity index (χ2v) is 4.25. The van der Waals surface area contributed by atoms with Crippen molar-refractivity contribution < 1.29 is 14.4 Å². The first kappa shape index (κ1) is 13.6. The maximum atomic E-state index is 11.3. The van der Waals surface area contributed by atoms with E-state index in [4.69, 9.17) is 0 Å². The lowest BCUT2D eigenvalue weighted by Gasteiger charge is -2.27. The molecule has 1 N–H and O–H groups in total. The number of hydrogen-bond acceptors (Lipinski definition) is 4. The zero-order chi connectivity index (χ0) is 12.8. The fourth-order valence-electron chi connectivity index (χ4n) is 1.53. The van der Waals surface area contributed by atoms with Crippen molar-refractivity contribution in [1.29, 1.82) is 0 Å². The number of amides is 1. The van der Waals surface area contributed by atoms with E-state index in [2.05, 4.69) is 11.9 Å². The van der Waals surface area contributed by atoms with Crippen molar-refractivity contribution in [2.45, 2.75) is 19.8 Å². The van der Waals surface area contributed by atoms with Gasteiger partial charge in [0.15, 0.2) is 0 Å². The summed E-state index contributed by atoms with van der Waals surface area (Å²) in [6.07, 6.45) is 0.389. The third-order valence-corrected chi connectivity index (χ3v) is 2.56. The van der Waals surface area contributed by atoms with Crippen molar-refractivity contribution in [3.8, 4) is 0 Å².